The number of nitrogens with one attached hydrogen (secondary N) is 1. The van der Waals surface area contributed by atoms with Crippen LogP contribution in [-0.4, -0.2) is 30.3 Å². The van der Waals surface area contributed by atoms with Crippen molar-refractivity contribution in [3.8, 4) is 0 Å². The van der Waals surface area contributed by atoms with E-state index in [9.17, 15) is 9.59 Å². The van der Waals surface area contributed by atoms with Crippen LogP contribution in [0.15, 0.2) is 85.4 Å². The molecular weight excluding hydrogens is 374 g/mol. The van der Waals surface area contributed by atoms with E-state index in [1.54, 1.807) is 11.0 Å². The number of carbonyl (C=O) groups is 2. The number of anilines is 3. The number of hydrogen-bond donors (Lipinski definition) is 1. The Balaban J connectivity index is 1.43. The fraction of sp³-hybridized carbons (Fsp3) is 0.120. The lowest BCUT2D eigenvalue weighted by Gasteiger charge is -2.23. The Kier molecular flexibility index (Phi) is 5.35. The minimum absolute atomic E-state index is 0.104. The third kappa shape index (κ3) is 3.70. The zero-order chi connectivity index (χ0) is 21.1. The number of hydrogen-bond acceptors (Lipinski definition) is 3. The normalized spacial score (nSPS) is 12.6. The molecule has 150 valence electrons. The monoisotopic (exact) mass is 397 g/mol. The molecule has 3 aromatic carbocycles. The van der Waals surface area contributed by atoms with Gasteiger partial charge in [0.25, 0.3) is 5.91 Å². The van der Waals surface area contributed by atoms with E-state index in [-0.39, 0.29) is 24.8 Å². The highest BCUT2D eigenvalue weighted by Crippen LogP contribution is 2.32. The lowest BCUT2D eigenvalue weighted by Crippen LogP contribution is -2.27. The van der Waals surface area contributed by atoms with E-state index in [1.165, 1.54) is 0 Å². The molecule has 0 saturated heterocycles. The predicted octanol–water partition coefficient (Wildman–Crippen LogP) is 4.91. The van der Waals surface area contributed by atoms with Crippen LogP contribution in [0.4, 0.5) is 17.1 Å². The summed E-state index contributed by atoms with van der Waals surface area (Å²) in [5, 5.41) is 2.99. The zero-order valence-corrected chi connectivity index (χ0v) is 16.8. The fourth-order valence-corrected chi connectivity index (χ4v) is 3.66. The molecule has 0 unspecified atom stereocenters. The van der Waals surface area contributed by atoms with Crippen molar-refractivity contribution in [3.63, 3.8) is 0 Å². The Morgan fingerprint density at radius 2 is 1.57 bits per heavy atom. The molecule has 30 heavy (non-hydrogen) atoms. The number of benzene rings is 3. The van der Waals surface area contributed by atoms with Crippen molar-refractivity contribution in [3.05, 3.63) is 96.6 Å². The summed E-state index contributed by atoms with van der Waals surface area (Å²) in [5.74, 6) is -0.256. The van der Waals surface area contributed by atoms with Crippen LogP contribution >= 0.6 is 0 Å². The molecule has 5 heteroatoms. The molecule has 0 bridgehead atoms. The average Bonchev–Trinajstić information content (AvgIpc) is 3.03. The molecule has 1 heterocycles. The quantitative estimate of drug-likeness (QED) is 0.643. The maximum absolute atomic E-state index is 12.7. The van der Waals surface area contributed by atoms with E-state index in [1.807, 2.05) is 84.7 Å². The second-order valence-electron chi connectivity index (χ2n) is 7.16. The first-order chi connectivity index (χ1) is 14.6. The molecular formula is C25H23N3O2. The van der Waals surface area contributed by atoms with Gasteiger partial charge in [0, 0.05) is 42.5 Å². The van der Waals surface area contributed by atoms with Gasteiger partial charge < -0.3 is 15.1 Å². The molecule has 5 nitrogen and oxygen atoms in total. The van der Waals surface area contributed by atoms with Gasteiger partial charge in [0.1, 0.15) is 0 Å². The molecule has 1 aliphatic heterocycles. The van der Waals surface area contributed by atoms with E-state index < -0.39 is 0 Å². The van der Waals surface area contributed by atoms with Crippen LogP contribution in [-0.2, 0) is 4.79 Å². The summed E-state index contributed by atoms with van der Waals surface area (Å²) in [4.78, 5) is 28.9. The van der Waals surface area contributed by atoms with Gasteiger partial charge >= 0.3 is 0 Å². The van der Waals surface area contributed by atoms with Gasteiger partial charge in [-0.15, -0.1) is 0 Å². The molecule has 1 N–H and O–H groups in total. The minimum atomic E-state index is -0.152. The maximum atomic E-state index is 12.7. The van der Waals surface area contributed by atoms with E-state index >= 15 is 0 Å². The van der Waals surface area contributed by atoms with Gasteiger partial charge in [-0.05, 0) is 30.3 Å². The number of nitrogens with zero attached hydrogens (tertiary/aromatic N) is 2. The summed E-state index contributed by atoms with van der Waals surface area (Å²) in [7, 11) is 1.96. The van der Waals surface area contributed by atoms with Crippen LogP contribution in [0.3, 0.4) is 0 Å². The molecule has 3 aromatic rings. The van der Waals surface area contributed by atoms with Crippen LogP contribution in [0.2, 0.25) is 0 Å². The van der Waals surface area contributed by atoms with Crippen molar-refractivity contribution in [1.29, 1.82) is 0 Å². The summed E-state index contributed by atoms with van der Waals surface area (Å²) < 4.78 is 0. The SMILES string of the molecule is C=C1c2ccccc2C(=O)N1CCC(=O)Nc1ccccc1N(C)c1ccccc1. The van der Waals surface area contributed by atoms with Crippen molar-refractivity contribution < 1.29 is 9.59 Å². The molecule has 0 atom stereocenters. The number of para-hydroxylation sites is 3. The summed E-state index contributed by atoms with van der Waals surface area (Å²) in [6.45, 7) is 4.31. The molecule has 1 aliphatic rings. The van der Waals surface area contributed by atoms with Crippen LogP contribution in [0.1, 0.15) is 22.3 Å². The summed E-state index contributed by atoms with van der Waals surface area (Å²) >= 11 is 0. The third-order valence-electron chi connectivity index (χ3n) is 5.28. The second-order valence-corrected chi connectivity index (χ2v) is 7.16. The average molecular weight is 397 g/mol. The van der Waals surface area contributed by atoms with E-state index in [0.717, 1.165) is 22.6 Å². The lowest BCUT2D eigenvalue weighted by atomic mass is 10.1. The number of amides is 2. The van der Waals surface area contributed by atoms with E-state index in [4.69, 9.17) is 0 Å². The summed E-state index contributed by atoms with van der Waals surface area (Å²) in [5.41, 5.74) is 4.76. The van der Waals surface area contributed by atoms with Gasteiger partial charge in [0.15, 0.2) is 0 Å². The van der Waals surface area contributed by atoms with Gasteiger partial charge in [0.05, 0.1) is 11.4 Å². The summed E-state index contributed by atoms with van der Waals surface area (Å²) in [6.07, 6.45) is 0.183. The Morgan fingerprint density at radius 1 is 0.933 bits per heavy atom. The summed E-state index contributed by atoms with van der Waals surface area (Å²) in [6, 6.07) is 25.0. The highest BCUT2D eigenvalue weighted by molar-refractivity contribution is 6.09. The van der Waals surface area contributed by atoms with Crippen molar-refractivity contribution in [2.45, 2.75) is 6.42 Å². The highest BCUT2D eigenvalue weighted by Gasteiger charge is 2.30. The van der Waals surface area contributed by atoms with Crippen LogP contribution in [0.25, 0.3) is 5.70 Å². The first kappa shape index (κ1) is 19.5. The van der Waals surface area contributed by atoms with Crippen molar-refractivity contribution in [2.75, 3.05) is 23.8 Å². The Bertz CT molecular complexity index is 1070. The van der Waals surface area contributed by atoms with Gasteiger partial charge in [0.2, 0.25) is 5.91 Å². The first-order valence-electron chi connectivity index (χ1n) is 9.84. The second kappa shape index (κ2) is 8.25. The standard InChI is InChI=1S/C25H23N3O2/c1-18-20-12-6-7-13-21(20)25(30)28(18)17-16-24(29)26-22-14-8-9-15-23(22)27(2)19-10-4-3-5-11-19/h3-15H,1,16-17H2,2H3,(H,26,29). The number of rotatable bonds is 6. The van der Waals surface area contributed by atoms with Crippen LogP contribution in [0, 0.1) is 0 Å². The van der Waals surface area contributed by atoms with Gasteiger partial charge in [-0.3, -0.25) is 9.59 Å². The van der Waals surface area contributed by atoms with Crippen molar-refractivity contribution >= 4 is 34.6 Å². The fourth-order valence-electron chi connectivity index (χ4n) is 3.66. The van der Waals surface area contributed by atoms with Crippen molar-refractivity contribution in [2.24, 2.45) is 0 Å². The first-order valence-corrected chi connectivity index (χ1v) is 9.84. The van der Waals surface area contributed by atoms with Gasteiger partial charge in [-0.25, -0.2) is 0 Å². The zero-order valence-electron chi connectivity index (χ0n) is 16.8. The van der Waals surface area contributed by atoms with Gasteiger partial charge in [-0.2, -0.15) is 0 Å². The van der Waals surface area contributed by atoms with Crippen LogP contribution < -0.4 is 10.2 Å². The Morgan fingerprint density at radius 3 is 2.30 bits per heavy atom. The number of carbonyl (C=O) groups excluding carboxylic acids is 2. The molecule has 0 spiro atoms. The third-order valence-corrected chi connectivity index (χ3v) is 5.28. The van der Waals surface area contributed by atoms with E-state index in [2.05, 4.69) is 11.9 Å². The number of fused-ring (bicyclic) bond motifs is 1. The van der Waals surface area contributed by atoms with Gasteiger partial charge in [-0.1, -0.05) is 55.1 Å². The Labute approximate surface area is 176 Å². The highest BCUT2D eigenvalue weighted by atomic mass is 16.2. The smallest absolute Gasteiger partial charge is 0.258 e. The van der Waals surface area contributed by atoms with Crippen LogP contribution in [0.5, 0.6) is 0 Å². The Hall–Kier alpha value is -3.86. The molecule has 0 aliphatic carbocycles. The maximum Gasteiger partial charge on any atom is 0.258 e. The molecule has 4 rings (SSSR count). The topological polar surface area (TPSA) is 52.7 Å². The molecule has 0 fully saturated rings. The lowest BCUT2D eigenvalue weighted by molar-refractivity contribution is -0.116. The largest absolute Gasteiger partial charge is 0.343 e. The van der Waals surface area contributed by atoms with E-state index in [0.29, 0.717) is 11.3 Å². The molecule has 0 radical (unpaired) electrons. The predicted molar refractivity (Wildman–Crippen MR) is 121 cm³/mol. The minimum Gasteiger partial charge on any atom is -0.343 e. The molecule has 0 saturated carbocycles. The van der Waals surface area contributed by atoms with Crippen molar-refractivity contribution in [1.82, 2.24) is 4.90 Å². The molecule has 2 amide bonds. The molecule has 0 aromatic heterocycles.